The van der Waals surface area contributed by atoms with Gasteiger partial charge >= 0.3 is 0 Å². The Hall–Kier alpha value is -1.02. The molecule has 0 aliphatic heterocycles. The summed E-state index contributed by atoms with van der Waals surface area (Å²) in [7, 11) is 2.14. The van der Waals surface area contributed by atoms with E-state index in [1.54, 1.807) is 0 Å². The lowest BCUT2D eigenvalue weighted by molar-refractivity contribution is 0.0524. The molecule has 2 heteroatoms. The molecule has 1 aliphatic rings. The Bertz CT molecular complexity index is 390. The number of hydrogen-bond donors (Lipinski definition) is 1. The van der Waals surface area contributed by atoms with Gasteiger partial charge in [0.2, 0.25) is 0 Å². The summed E-state index contributed by atoms with van der Waals surface area (Å²) in [6.45, 7) is 5.57. The molecule has 1 aromatic rings. The van der Waals surface area contributed by atoms with Crippen molar-refractivity contribution in [3.8, 4) is 0 Å². The van der Waals surface area contributed by atoms with E-state index in [2.05, 4.69) is 44.0 Å². The lowest BCUT2D eigenvalue weighted by Crippen LogP contribution is -2.43. The van der Waals surface area contributed by atoms with Gasteiger partial charge in [0, 0.05) is 24.7 Å². The number of aliphatic hydroxyl groups excluding tert-OH is 1. The highest BCUT2D eigenvalue weighted by Crippen LogP contribution is 2.41. The van der Waals surface area contributed by atoms with Gasteiger partial charge in [0.15, 0.2) is 0 Å². The first kappa shape index (κ1) is 12.4. The second-order valence-corrected chi connectivity index (χ2v) is 5.66. The maximum Gasteiger partial charge on any atom is 0.0504 e. The van der Waals surface area contributed by atoms with Crippen LogP contribution in [0.3, 0.4) is 0 Å². The minimum absolute atomic E-state index is 0.158. The third kappa shape index (κ3) is 2.47. The Morgan fingerprint density at radius 3 is 2.53 bits per heavy atom. The summed E-state index contributed by atoms with van der Waals surface area (Å²) in [4.78, 5) is 2.30. The number of aliphatic hydroxyl groups is 1. The van der Waals surface area contributed by atoms with Crippen molar-refractivity contribution in [1.29, 1.82) is 0 Å². The van der Waals surface area contributed by atoms with Crippen LogP contribution < -0.4 is 4.90 Å². The van der Waals surface area contributed by atoms with Crippen LogP contribution in [-0.2, 0) is 0 Å². The van der Waals surface area contributed by atoms with Gasteiger partial charge in [-0.2, -0.15) is 0 Å². The smallest absolute Gasteiger partial charge is 0.0504 e. The first-order chi connectivity index (χ1) is 8.06. The average Bonchev–Trinajstić information content (AvgIpc) is 2.26. The van der Waals surface area contributed by atoms with Crippen molar-refractivity contribution >= 4 is 5.69 Å². The molecule has 94 valence electrons. The molecule has 1 fully saturated rings. The summed E-state index contributed by atoms with van der Waals surface area (Å²) >= 11 is 0. The Morgan fingerprint density at radius 2 is 2.00 bits per heavy atom. The fourth-order valence-corrected chi connectivity index (χ4v) is 2.76. The van der Waals surface area contributed by atoms with Crippen LogP contribution >= 0.6 is 0 Å². The topological polar surface area (TPSA) is 23.5 Å². The van der Waals surface area contributed by atoms with Crippen LogP contribution in [0.2, 0.25) is 0 Å². The monoisotopic (exact) mass is 233 g/mol. The zero-order chi connectivity index (χ0) is 12.5. The van der Waals surface area contributed by atoms with E-state index in [-0.39, 0.29) is 5.41 Å². The number of aryl methyl sites for hydroxylation is 2. The molecule has 2 nitrogen and oxygen atoms in total. The van der Waals surface area contributed by atoms with Crippen LogP contribution in [0.25, 0.3) is 0 Å². The Balaban J connectivity index is 2.13. The van der Waals surface area contributed by atoms with E-state index in [1.165, 1.54) is 36.1 Å². The van der Waals surface area contributed by atoms with Gasteiger partial charge in [-0.1, -0.05) is 18.6 Å². The van der Waals surface area contributed by atoms with Crippen molar-refractivity contribution in [1.82, 2.24) is 0 Å². The first-order valence-electron chi connectivity index (χ1n) is 6.46. The molecule has 0 heterocycles. The van der Waals surface area contributed by atoms with Gasteiger partial charge in [-0.3, -0.25) is 0 Å². The zero-order valence-electron chi connectivity index (χ0n) is 11.2. The van der Waals surface area contributed by atoms with Crippen molar-refractivity contribution in [3.05, 3.63) is 29.3 Å². The molecule has 2 rings (SSSR count). The molecule has 0 amide bonds. The van der Waals surface area contributed by atoms with Crippen LogP contribution in [0.1, 0.15) is 30.4 Å². The summed E-state index contributed by atoms with van der Waals surface area (Å²) in [6, 6.07) is 6.56. The summed E-state index contributed by atoms with van der Waals surface area (Å²) in [5.41, 5.74) is 4.06. The normalized spacial score (nSPS) is 17.6. The van der Waals surface area contributed by atoms with E-state index in [1.807, 2.05) is 0 Å². The highest BCUT2D eigenvalue weighted by atomic mass is 16.3. The average molecular weight is 233 g/mol. The Morgan fingerprint density at radius 1 is 1.29 bits per heavy atom. The molecule has 0 spiro atoms. The summed E-state index contributed by atoms with van der Waals surface area (Å²) in [5.74, 6) is 0. The van der Waals surface area contributed by atoms with Gasteiger partial charge in [0.05, 0.1) is 6.61 Å². The van der Waals surface area contributed by atoms with E-state index in [9.17, 15) is 5.11 Å². The molecular formula is C15H23NO. The first-order valence-corrected chi connectivity index (χ1v) is 6.46. The quantitative estimate of drug-likeness (QED) is 0.864. The zero-order valence-corrected chi connectivity index (χ0v) is 11.2. The predicted octanol–water partition coefficient (Wildman–Crippen LogP) is 2.90. The van der Waals surface area contributed by atoms with Crippen molar-refractivity contribution < 1.29 is 5.11 Å². The summed E-state index contributed by atoms with van der Waals surface area (Å²) in [5, 5.41) is 9.53. The van der Waals surface area contributed by atoms with Crippen LogP contribution in [0.4, 0.5) is 5.69 Å². The van der Waals surface area contributed by atoms with Gasteiger partial charge < -0.3 is 10.0 Å². The number of rotatable bonds is 4. The highest BCUT2D eigenvalue weighted by molar-refractivity contribution is 5.54. The van der Waals surface area contributed by atoms with Gasteiger partial charge in [-0.05, 0) is 43.9 Å². The van der Waals surface area contributed by atoms with Crippen molar-refractivity contribution in [2.75, 3.05) is 25.1 Å². The third-order valence-electron chi connectivity index (χ3n) is 4.10. The van der Waals surface area contributed by atoms with E-state index in [0.717, 1.165) is 6.54 Å². The molecule has 17 heavy (non-hydrogen) atoms. The number of benzene rings is 1. The van der Waals surface area contributed by atoms with Crippen molar-refractivity contribution in [2.45, 2.75) is 33.1 Å². The molecule has 0 unspecified atom stereocenters. The molecule has 1 saturated carbocycles. The molecule has 0 bridgehead atoms. The number of anilines is 1. The van der Waals surface area contributed by atoms with Gasteiger partial charge in [0.1, 0.15) is 0 Å². The number of nitrogens with zero attached hydrogens (tertiary/aromatic N) is 1. The Kier molecular flexibility index (Phi) is 3.43. The highest BCUT2D eigenvalue weighted by Gasteiger charge is 2.37. The van der Waals surface area contributed by atoms with E-state index < -0.39 is 0 Å². The fourth-order valence-electron chi connectivity index (χ4n) is 2.76. The molecule has 1 N–H and O–H groups in total. The summed E-state index contributed by atoms with van der Waals surface area (Å²) in [6.07, 6.45) is 3.60. The molecule has 0 atom stereocenters. The van der Waals surface area contributed by atoms with E-state index >= 15 is 0 Å². The molecular weight excluding hydrogens is 210 g/mol. The van der Waals surface area contributed by atoms with Gasteiger partial charge in [-0.25, -0.2) is 0 Å². The van der Waals surface area contributed by atoms with Gasteiger partial charge in [-0.15, -0.1) is 0 Å². The van der Waals surface area contributed by atoms with Gasteiger partial charge in [0.25, 0.3) is 0 Å². The molecule has 1 aromatic carbocycles. The summed E-state index contributed by atoms with van der Waals surface area (Å²) < 4.78 is 0. The second kappa shape index (κ2) is 4.69. The number of hydrogen-bond acceptors (Lipinski definition) is 2. The fraction of sp³-hybridized carbons (Fsp3) is 0.600. The molecule has 0 saturated heterocycles. The van der Waals surface area contributed by atoms with Crippen molar-refractivity contribution in [3.63, 3.8) is 0 Å². The molecule has 0 aromatic heterocycles. The van der Waals surface area contributed by atoms with E-state index in [0.29, 0.717) is 6.61 Å². The minimum Gasteiger partial charge on any atom is -0.396 e. The van der Waals surface area contributed by atoms with Crippen LogP contribution in [0.15, 0.2) is 18.2 Å². The minimum atomic E-state index is 0.158. The molecule has 0 radical (unpaired) electrons. The Labute approximate surface area is 104 Å². The van der Waals surface area contributed by atoms with Crippen molar-refractivity contribution in [2.24, 2.45) is 5.41 Å². The third-order valence-corrected chi connectivity index (χ3v) is 4.10. The van der Waals surface area contributed by atoms with Crippen LogP contribution in [-0.4, -0.2) is 25.3 Å². The lowest BCUT2D eigenvalue weighted by atomic mass is 9.69. The largest absolute Gasteiger partial charge is 0.396 e. The maximum atomic E-state index is 9.53. The predicted molar refractivity (Wildman–Crippen MR) is 72.6 cm³/mol. The molecule has 1 aliphatic carbocycles. The second-order valence-electron chi connectivity index (χ2n) is 5.66. The van der Waals surface area contributed by atoms with Crippen LogP contribution in [0.5, 0.6) is 0 Å². The SMILES string of the molecule is Cc1ccc(C)c(N(C)CC2(CO)CCC2)c1. The maximum absolute atomic E-state index is 9.53. The van der Waals surface area contributed by atoms with Crippen LogP contribution in [0, 0.1) is 19.3 Å². The lowest BCUT2D eigenvalue weighted by Gasteiger charge is -2.43. The standard InChI is InChI=1S/C15H23NO/c1-12-5-6-13(2)14(9-12)16(3)10-15(11-17)7-4-8-15/h5-6,9,17H,4,7-8,10-11H2,1-3H3. The van der Waals surface area contributed by atoms with E-state index in [4.69, 9.17) is 0 Å².